The minimum atomic E-state index is 0.823. The van der Waals surface area contributed by atoms with Gasteiger partial charge in [0.05, 0.1) is 0 Å². The molecule has 1 fully saturated rings. The summed E-state index contributed by atoms with van der Waals surface area (Å²) in [5.41, 5.74) is 1.63. The number of rotatable bonds is 1. The highest BCUT2D eigenvalue weighted by molar-refractivity contribution is 5.07. The minimum absolute atomic E-state index is 0.823. The van der Waals surface area contributed by atoms with E-state index in [2.05, 4.69) is 25.2 Å². The van der Waals surface area contributed by atoms with Crippen LogP contribution in [0.5, 0.6) is 0 Å². The highest BCUT2D eigenvalue weighted by Gasteiger charge is 2.27. The standard InChI is InChI=1S/C13H23N/c1-10-7-11(2)9-13(8-10)12-3-5-14-6-4-12/h7,10,12-14H,3-6,8-9H2,1-2H3. The van der Waals surface area contributed by atoms with Crippen LogP contribution in [0.25, 0.3) is 0 Å². The number of hydrogen-bond acceptors (Lipinski definition) is 1. The molecule has 0 aromatic rings. The lowest BCUT2D eigenvalue weighted by Crippen LogP contribution is -2.33. The summed E-state index contributed by atoms with van der Waals surface area (Å²) < 4.78 is 0. The molecule has 2 atom stereocenters. The summed E-state index contributed by atoms with van der Waals surface area (Å²) in [5, 5.41) is 3.46. The molecular formula is C13H23N. The molecule has 0 saturated carbocycles. The van der Waals surface area contributed by atoms with E-state index in [-0.39, 0.29) is 0 Å². The summed E-state index contributed by atoms with van der Waals surface area (Å²) in [4.78, 5) is 0. The lowest BCUT2D eigenvalue weighted by Gasteiger charge is -2.34. The van der Waals surface area contributed by atoms with Gasteiger partial charge in [-0.3, -0.25) is 0 Å². The fourth-order valence-corrected chi connectivity index (χ4v) is 3.27. The molecule has 2 rings (SSSR count). The average Bonchev–Trinajstić information content (AvgIpc) is 2.18. The summed E-state index contributed by atoms with van der Waals surface area (Å²) in [6.45, 7) is 7.18. The van der Waals surface area contributed by atoms with E-state index < -0.39 is 0 Å². The first-order valence-electron chi connectivity index (χ1n) is 6.13. The van der Waals surface area contributed by atoms with Gasteiger partial charge >= 0.3 is 0 Å². The minimum Gasteiger partial charge on any atom is -0.317 e. The molecular weight excluding hydrogens is 170 g/mol. The Hall–Kier alpha value is -0.300. The van der Waals surface area contributed by atoms with Crippen molar-refractivity contribution in [3.05, 3.63) is 11.6 Å². The van der Waals surface area contributed by atoms with Crippen LogP contribution in [-0.2, 0) is 0 Å². The number of nitrogens with one attached hydrogen (secondary N) is 1. The van der Waals surface area contributed by atoms with Gasteiger partial charge in [0.15, 0.2) is 0 Å². The fraction of sp³-hybridized carbons (Fsp3) is 0.846. The molecule has 1 aliphatic heterocycles. The third-order valence-electron chi connectivity index (χ3n) is 3.88. The molecule has 1 saturated heterocycles. The molecule has 80 valence electrons. The first kappa shape index (κ1) is 10.2. The molecule has 0 aromatic carbocycles. The van der Waals surface area contributed by atoms with Crippen molar-refractivity contribution in [3.8, 4) is 0 Å². The smallest absolute Gasteiger partial charge is 0.00462 e. The highest BCUT2D eigenvalue weighted by atomic mass is 14.9. The molecule has 1 N–H and O–H groups in total. The summed E-state index contributed by atoms with van der Waals surface area (Å²) in [7, 11) is 0. The molecule has 0 amide bonds. The maximum atomic E-state index is 3.46. The van der Waals surface area contributed by atoms with Crippen molar-refractivity contribution in [2.75, 3.05) is 13.1 Å². The lowest BCUT2D eigenvalue weighted by molar-refractivity contribution is 0.222. The Bertz CT molecular complexity index is 213. The van der Waals surface area contributed by atoms with E-state index >= 15 is 0 Å². The van der Waals surface area contributed by atoms with E-state index in [1.165, 1.54) is 38.8 Å². The van der Waals surface area contributed by atoms with Gasteiger partial charge in [-0.05, 0) is 63.5 Å². The molecule has 1 heteroatoms. The molecule has 0 spiro atoms. The van der Waals surface area contributed by atoms with Gasteiger partial charge in [0.25, 0.3) is 0 Å². The molecule has 0 aromatic heterocycles. The molecule has 1 aliphatic carbocycles. The third kappa shape index (κ3) is 2.38. The lowest BCUT2D eigenvalue weighted by atomic mass is 9.73. The van der Waals surface area contributed by atoms with Gasteiger partial charge in [0.1, 0.15) is 0 Å². The Morgan fingerprint density at radius 3 is 2.57 bits per heavy atom. The van der Waals surface area contributed by atoms with Gasteiger partial charge in [0, 0.05) is 0 Å². The van der Waals surface area contributed by atoms with Crippen molar-refractivity contribution in [3.63, 3.8) is 0 Å². The van der Waals surface area contributed by atoms with Crippen molar-refractivity contribution in [1.29, 1.82) is 0 Å². The van der Waals surface area contributed by atoms with Crippen LogP contribution < -0.4 is 5.32 Å². The first-order valence-corrected chi connectivity index (χ1v) is 6.13. The highest BCUT2D eigenvalue weighted by Crippen LogP contribution is 2.36. The van der Waals surface area contributed by atoms with Crippen molar-refractivity contribution in [2.45, 2.75) is 39.5 Å². The first-order chi connectivity index (χ1) is 6.75. The van der Waals surface area contributed by atoms with Crippen molar-refractivity contribution >= 4 is 0 Å². The Labute approximate surface area is 88.0 Å². The average molecular weight is 193 g/mol. The fourth-order valence-electron chi connectivity index (χ4n) is 3.27. The van der Waals surface area contributed by atoms with Crippen LogP contribution in [0.2, 0.25) is 0 Å². The van der Waals surface area contributed by atoms with Crippen molar-refractivity contribution in [2.24, 2.45) is 17.8 Å². The predicted octanol–water partition coefficient (Wildman–Crippen LogP) is 2.98. The van der Waals surface area contributed by atoms with Crippen LogP contribution in [0.4, 0.5) is 0 Å². The topological polar surface area (TPSA) is 12.0 Å². The van der Waals surface area contributed by atoms with E-state index in [4.69, 9.17) is 0 Å². The quantitative estimate of drug-likeness (QED) is 0.631. The molecule has 2 aliphatic rings. The van der Waals surface area contributed by atoms with Crippen molar-refractivity contribution < 1.29 is 0 Å². The zero-order valence-corrected chi connectivity index (χ0v) is 9.55. The van der Waals surface area contributed by atoms with Crippen LogP contribution in [0, 0.1) is 17.8 Å². The van der Waals surface area contributed by atoms with Crippen molar-refractivity contribution in [1.82, 2.24) is 5.32 Å². The van der Waals surface area contributed by atoms with Crippen LogP contribution >= 0.6 is 0 Å². The Balaban J connectivity index is 1.94. The second-order valence-electron chi connectivity index (χ2n) is 5.28. The van der Waals surface area contributed by atoms with E-state index in [0.29, 0.717) is 0 Å². The molecule has 0 bridgehead atoms. The predicted molar refractivity (Wildman–Crippen MR) is 61.2 cm³/mol. The summed E-state index contributed by atoms with van der Waals surface area (Å²) >= 11 is 0. The second kappa shape index (κ2) is 4.48. The van der Waals surface area contributed by atoms with E-state index in [0.717, 1.165) is 17.8 Å². The molecule has 1 heterocycles. The second-order valence-corrected chi connectivity index (χ2v) is 5.28. The van der Waals surface area contributed by atoms with Crippen LogP contribution in [-0.4, -0.2) is 13.1 Å². The van der Waals surface area contributed by atoms with E-state index in [9.17, 15) is 0 Å². The van der Waals surface area contributed by atoms with Gasteiger partial charge in [-0.2, -0.15) is 0 Å². The van der Waals surface area contributed by atoms with E-state index in [1.807, 2.05) is 0 Å². The monoisotopic (exact) mass is 193 g/mol. The Kier molecular flexibility index (Phi) is 3.27. The molecule has 14 heavy (non-hydrogen) atoms. The zero-order chi connectivity index (χ0) is 9.97. The molecule has 2 unspecified atom stereocenters. The van der Waals surface area contributed by atoms with Crippen LogP contribution in [0.15, 0.2) is 11.6 Å². The van der Waals surface area contributed by atoms with Crippen LogP contribution in [0.3, 0.4) is 0 Å². The third-order valence-corrected chi connectivity index (χ3v) is 3.88. The molecule has 1 nitrogen and oxygen atoms in total. The molecule has 0 radical (unpaired) electrons. The van der Waals surface area contributed by atoms with Gasteiger partial charge in [-0.1, -0.05) is 18.6 Å². The normalized spacial score (nSPS) is 35.4. The van der Waals surface area contributed by atoms with Gasteiger partial charge < -0.3 is 5.32 Å². The Morgan fingerprint density at radius 1 is 1.21 bits per heavy atom. The van der Waals surface area contributed by atoms with Gasteiger partial charge in [-0.25, -0.2) is 0 Å². The summed E-state index contributed by atoms with van der Waals surface area (Å²) in [6.07, 6.45) is 8.09. The largest absolute Gasteiger partial charge is 0.317 e. The maximum Gasteiger partial charge on any atom is -0.00462 e. The van der Waals surface area contributed by atoms with E-state index in [1.54, 1.807) is 5.57 Å². The summed E-state index contributed by atoms with van der Waals surface area (Å²) in [6, 6.07) is 0. The van der Waals surface area contributed by atoms with Gasteiger partial charge in [0.2, 0.25) is 0 Å². The van der Waals surface area contributed by atoms with Crippen LogP contribution in [0.1, 0.15) is 39.5 Å². The number of hydrogen-bond donors (Lipinski definition) is 1. The maximum absolute atomic E-state index is 3.46. The Morgan fingerprint density at radius 2 is 1.93 bits per heavy atom. The zero-order valence-electron chi connectivity index (χ0n) is 9.55. The SMILES string of the molecule is CC1=CC(C)CC(C2CCNCC2)C1. The number of piperidine rings is 1. The summed E-state index contributed by atoms with van der Waals surface area (Å²) in [5.74, 6) is 2.81. The van der Waals surface area contributed by atoms with Gasteiger partial charge in [-0.15, -0.1) is 0 Å². The number of allylic oxidation sites excluding steroid dienone is 2.